The van der Waals surface area contributed by atoms with Crippen LogP contribution in [0.4, 0.5) is 0 Å². The van der Waals surface area contributed by atoms with Crippen molar-refractivity contribution in [2.45, 2.75) is 24.5 Å². The van der Waals surface area contributed by atoms with Crippen LogP contribution in [0.2, 0.25) is 0 Å². The van der Waals surface area contributed by atoms with Crippen molar-refractivity contribution in [2.75, 3.05) is 5.75 Å². The van der Waals surface area contributed by atoms with Gasteiger partial charge < -0.3 is 0 Å². The molecular formula is C6H11ClS. The van der Waals surface area contributed by atoms with Gasteiger partial charge in [-0.1, -0.05) is 0 Å². The second-order valence-corrected chi connectivity index (χ2v) is 4.61. The second-order valence-electron chi connectivity index (χ2n) is 2.32. The van der Waals surface area contributed by atoms with Crippen LogP contribution in [0.25, 0.3) is 0 Å². The van der Waals surface area contributed by atoms with Gasteiger partial charge in [0.2, 0.25) is 0 Å². The molecule has 1 unspecified atom stereocenters. The molecule has 2 heteroatoms. The molecule has 0 N–H and O–H groups in total. The van der Waals surface area contributed by atoms with E-state index in [4.69, 9.17) is 11.6 Å². The Morgan fingerprint density at radius 2 is 2.38 bits per heavy atom. The summed E-state index contributed by atoms with van der Waals surface area (Å²) in [6, 6.07) is 0. The van der Waals surface area contributed by atoms with E-state index in [1.165, 1.54) is 18.6 Å². The molecule has 1 rings (SSSR count). The minimum absolute atomic E-state index is 0.315. The zero-order chi connectivity index (χ0) is 5.98. The van der Waals surface area contributed by atoms with Crippen LogP contribution in [0, 0.1) is 5.92 Å². The van der Waals surface area contributed by atoms with Gasteiger partial charge in [-0.3, -0.25) is 0 Å². The third kappa shape index (κ3) is 2.83. The summed E-state index contributed by atoms with van der Waals surface area (Å²) >= 11 is 7.58. The van der Waals surface area contributed by atoms with Crippen molar-refractivity contribution in [3.63, 3.8) is 0 Å². The minimum atomic E-state index is 0.315. The van der Waals surface area contributed by atoms with Gasteiger partial charge in [-0.2, -0.15) is 0 Å². The van der Waals surface area contributed by atoms with Gasteiger partial charge in [0.1, 0.15) is 0 Å². The molecule has 0 heterocycles. The van der Waals surface area contributed by atoms with Crippen molar-refractivity contribution in [3.8, 4) is 0 Å². The highest BCUT2D eigenvalue weighted by atomic mass is 35.5. The van der Waals surface area contributed by atoms with Crippen LogP contribution >= 0.6 is 23.4 Å². The maximum atomic E-state index is 5.71. The van der Waals surface area contributed by atoms with E-state index in [9.17, 15) is 0 Å². The maximum absolute atomic E-state index is 5.71. The van der Waals surface area contributed by atoms with Crippen LogP contribution in [0.15, 0.2) is 0 Å². The molecule has 0 radical (unpaired) electrons. The SMILES string of the molecule is CC(Cl)SCC1CC1. The first-order valence-corrected chi connectivity index (χ1v) is 4.53. The predicted molar refractivity (Wildman–Crippen MR) is 40.5 cm³/mol. The number of hydrogen-bond donors (Lipinski definition) is 0. The van der Waals surface area contributed by atoms with E-state index in [0.717, 1.165) is 5.92 Å². The second kappa shape index (κ2) is 2.98. The number of hydrogen-bond acceptors (Lipinski definition) is 1. The van der Waals surface area contributed by atoms with E-state index < -0.39 is 0 Å². The fourth-order valence-corrected chi connectivity index (χ4v) is 1.64. The average Bonchev–Trinajstić information content (AvgIpc) is 2.41. The van der Waals surface area contributed by atoms with Crippen molar-refractivity contribution >= 4 is 23.4 Å². The van der Waals surface area contributed by atoms with Crippen molar-refractivity contribution in [3.05, 3.63) is 0 Å². The first-order chi connectivity index (χ1) is 3.79. The maximum Gasteiger partial charge on any atom is 0.0760 e. The van der Waals surface area contributed by atoms with Crippen LogP contribution in [-0.2, 0) is 0 Å². The fraction of sp³-hybridized carbons (Fsp3) is 1.00. The highest BCUT2D eigenvalue weighted by molar-refractivity contribution is 8.01. The lowest BCUT2D eigenvalue weighted by Crippen LogP contribution is -1.86. The molecule has 0 aromatic heterocycles. The summed E-state index contributed by atoms with van der Waals surface area (Å²) in [7, 11) is 0. The van der Waals surface area contributed by atoms with Gasteiger partial charge in [0.25, 0.3) is 0 Å². The van der Waals surface area contributed by atoms with Gasteiger partial charge in [-0.05, 0) is 31.4 Å². The molecule has 0 saturated heterocycles. The molecule has 1 aliphatic carbocycles. The molecule has 0 aromatic carbocycles. The largest absolute Gasteiger partial charge is 0.142 e. The third-order valence-electron chi connectivity index (χ3n) is 1.26. The van der Waals surface area contributed by atoms with Gasteiger partial charge in [0, 0.05) is 0 Å². The molecule has 8 heavy (non-hydrogen) atoms. The molecular weight excluding hydrogens is 140 g/mol. The molecule has 0 aromatic rings. The first-order valence-electron chi connectivity index (χ1n) is 3.04. The smallest absolute Gasteiger partial charge is 0.0760 e. The summed E-state index contributed by atoms with van der Waals surface area (Å²) in [5.74, 6) is 2.30. The number of halogens is 1. The molecule has 1 atom stereocenters. The Labute approximate surface area is 60.0 Å². The molecule has 0 bridgehead atoms. The van der Waals surface area contributed by atoms with Crippen molar-refractivity contribution < 1.29 is 0 Å². The molecule has 0 nitrogen and oxygen atoms in total. The Balaban J connectivity index is 1.87. The molecule has 0 aliphatic heterocycles. The Bertz CT molecular complexity index is 66.9. The van der Waals surface area contributed by atoms with Crippen LogP contribution in [0.5, 0.6) is 0 Å². The summed E-state index contributed by atoms with van der Waals surface area (Å²) in [4.78, 5) is 0. The fourth-order valence-electron chi connectivity index (χ4n) is 0.553. The molecule has 0 amide bonds. The first kappa shape index (κ1) is 6.76. The standard InChI is InChI=1S/C6H11ClS/c1-5(7)8-4-6-2-3-6/h5-6H,2-4H2,1H3. The molecule has 0 spiro atoms. The summed E-state index contributed by atoms with van der Waals surface area (Å²) in [5.41, 5.74) is 0. The number of alkyl halides is 1. The summed E-state index contributed by atoms with van der Waals surface area (Å²) in [6.07, 6.45) is 2.88. The lowest BCUT2D eigenvalue weighted by atomic mass is 10.5. The van der Waals surface area contributed by atoms with Gasteiger partial charge in [-0.15, -0.1) is 23.4 Å². The summed E-state index contributed by atoms with van der Waals surface area (Å²) in [6.45, 7) is 2.04. The van der Waals surface area contributed by atoms with Crippen molar-refractivity contribution in [1.29, 1.82) is 0 Å². The van der Waals surface area contributed by atoms with Crippen LogP contribution in [-0.4, -0.2) is 10.5 Å². The van der Waals surface area contributed by atoms with Crippen LogP contribution < -0.4 is 0 Å². The molecule has 1 aliphatic rings. The molecule has 48 valence electrons. The van der Waals surface area contributed by atoms with E-state index in [1.807, 2.05) is 18.7 Å². The topological polar surface area (TPSA) is 0 Å². The number of thioether (sulfide) groups is 1. The minimum Gasteiger partial charge on any atom is -0.142 e. The van der Waals surface area contributed by atoms with Crippen molar-refractivity contribution in [2.24, 2.45) is 5.92 Å². The van der Waals surface area contributed by atoms with Crippen molar-refractivity contribution in [1.82, 2.24) is 0 Å². The quantitative estimate of drug-likeness (QED) is 0.558. The zero-order valence-corrected chi connectivity index (χ0v) is 6.63. The Hall–Kier alpha value is 0.640. The molecule has 1 saturated carbocycles. The van der Waals surface area contributed by atoms with E-state index >= 15 is 0 Å². The van der Waals surface area contributed by atoms with E-state index in [2.05, 4.69) is 0 Å². The zero-order valence-electron chi connectivity index (χ0n) is 5.06. The lowest BCUT2D eigenvalue weighted by molar-refractivity contribution is 0.999. The predicted octanol–water partition coefficient (Wildman–Crippen LogP) is 2.71. The highest BCUT2D eigenvalue weighted by Crippen LogP contribution is 2.34. The lowest BCUT2D eigenvalue weighted by Gasteiger charge is -1.98. The molecule has 1 fully saturated rings. The van der Waals surface area contributed by atoms with Gasteiger partial charge in [-0.25, -0.2) is 0 Å². The number of rotatable bonds is 3. The van der Waals surface area contributed by atoms with E-state index in [0.29, 0.717) is 4.71 Å². The van der Waals surface area contributed by atoms with Gasteiger partial charge >= 0.3 is 0 Å². The Morgan fingerprint density at radius 1 is 1.75 bits per heavy atom. The van der Waals surface area contributed by atoms with Crippen LogP contribution in [0.3, 0.4) is 0 Å². The Kier molecular flexibility index (Phi) is 2.51. The monoisotopic (exact) mass is 150 g/mol. The van der Waals surface area contributed by atoms with E-state index in [-0.39, 0.29) is 0 Å². The Morgan fingerprint density at radius 3 is 2.75 bits per heavy atom. The van der Waals surface area contributed by atoms with Gasteiger partial charge in [0.15, 0.2) is 0 Å². The summed E-state index contributed by atoms with van der Waals surface area (Å²) in [5, 5.41) is 0. The van der Waals surface area contributed by atoms with Gasteiger partial charge in [0.05, 0.1) is 4.71 Å². The average molecular weight is 151 g/mol. The summed E-state index contributed by atoms with van der Waals surface area (Å²) < 4.78 is 0.315. The van der Waals surface area contributed by atoms with Crippen LogP contribution in [0.1, 0.15) is 19.8 Å². The third-order valence-corrected chi connectivity index (χ3v) is 2.76. The highest BCUT2D eigenvalue weighted by Gasteiger charge is 2.21. The van der Waals surface area contributed by atoms with E-state index in [1.54, 1.807) is 0 Å². The normalized spacial score (nSPS) is 23.2.